The zero-order valence-corrected chi connectivity index (χ0v) is 11.6. The van der Waals surface area contributed by atoms with Gasteiger partial charge in [-0.15, -0.1) is 11.3 Å². The molecular formula is C14H21N3S. The molecular weight excluding hydrogens is 242 g/mol. The van der Waals surface area contributed by atoms with Gasteiger partial charge in [0.2, 0.25) is 0 Å². The molecule has 2 unspecified atom stereocenters. The van der Waals surface area contributed by atoms with Crippen molar-refractivity contribution in [3.63, 3.8) is 0 Å². The highest BCUT2D eigenvalue weighted by molar-refractivity contribution is 7.15. The van der Waals surface area contributed by atoms with Crippen LogP contribution in [0.3, 0.4) is 0 Å². The summed E-state index contributed by atoms with van der Waals surface area (Å²) in [6.07, 6.45) is 9.15. The lowest BCUT2D eigenvalue weighted by atomic mass is 10.0. The first-order valence-corrected chi connectivity index (χ1v) is 8.13. The van der Waals surface area contributed by atoms with E-state index in [2.05, 4.69) is 21.4 Å². The van der Waals surface area contributed by atoms with Crippen molar-refractivity contribution in [2.45, 2.75) is 44.7 Å². The Hall–Kier alpha value is -0.610. The van der Waals surface area contributed by atoms with E-state index in [1.807, 2.05) is 11.3 Å². The molecule has 2 aliphatic carbocycles. The van der Waals surface area contributed by atoms with Gasteiger partial charge in [0, 0.05) is 36.8 Å². The summed E-state index contributed by atoms with van der Waals surface area (Å²) in [5, 5.41) is 4.83. The fourth-order valence-corrected chi connectivity index (χ4v) is 4.33. The van der Waals surface area contributed by atoms with Gasteiger partial charge in [-0.1, -0.05) is 6.42 Å². The molecule has 2 atom stereocenters. The second-order valence-corrected chi connectivity index (χ2v) is 7.21. The maximum Gasteiger partial charge on any atom is 0.185 e. The van der Waals surface area contributed by atoms with E-state index in [4.69, 9.17) is 0 Å². The maximum atomic E-state index is 4.63. The van der Waals surface area contributed by atoms with Gasteiger partial charge in [0.25, 0.3) is 0 Å². The lowest BCUT2D eigenvalue weighted by molar-refractivity contribution is 0.494. The predicted octanol–water partition coefficient (Wildman–Crippen LogP) is 2.63. The van der Waals surface area contributed by atoms with E-state index in [0.717, 1.165) is 24.4 Å². The van der Waals surface area contributed by atoms with Crippen LogP contribution in [0.25, 0.3) is 0 Å². The molecule has 0 spiro atoms. The number of hydrogen-bond donors (Lipinski definition) is 1. The molecule has 3 aliphatic rings. The Morgan fingerprint density at radius 3 is 2.72 bits per heavy atom. The van der Waals surface area contributed by atoms with Gasteiger partial charge in [-0.25, -0.2) is 4.98 Å². The first-order chi connectivity index (χ1) is 8.88. The molecule has 4 rings (SSSR count). The highest BCUT2D eigenvalue weighted by Crippen LogP contribution is 2.40. The average Bonchev–Trinajstić information content (AvgIpc) is 2.79. The van der Waals surface area contributed by atoms with Crippen LogP contribution in [0.2, 0.25) is 0 Å². The zero-order valence-electron chi connectivity index (χ0n) is 10.8. The van der Waals surface area contributed by atoms with Crippen LogP contribution in [-0.2, 0) is 6.54 Å². The molecule has 0 amide bonds. The first-order valence-electron chi connectivity index (χ1n) is 7.31. The molecule has 98 valence electrons. The number of thiazole rings is 1. The van der Waals surface area contributed by atoms with Gasteiger partial charge in [-0.05, 0) is 37.5 Å². The number of rotatable bonds is 4. The molecule has 3 fully saturated rings. The fourth-order valence-electron chi connectivity index (χ4n) is 3.45. The molecule has 18 heavy (non-hydrogen) atoms. The largest absolute Gasteiger partial charge is 0.348 e. The smallest absolute Gasteiger partial charge is 0.185 e. The highest BCUT2D eigenvalue weighted by Gasteiger charge is 2.36. The topological polar surface area (TPSA) is 28.2 Å². The van der Waals surface area contributed by atoms with Gasteiger partial charge in [-0.3, -0.25) is 0 Å². The van der Waals surface area contributed by atoms with Crippen LogP contribution in [0.4, 0.5) is 5.13 Å². The Bertz CT molecular complexity index is 414. The molecule has 1 aliphatic heterocycles. The Kier molecular flexibility index (Phi) is 2.81. The predicted molar refractivity (Wildman–Crippen MR) is 75.0 cm³/mol. The minimum Gasteiger partial charge on any atom is -0.348 e. The molecule has 1 aromatic rings. The number of hydrogen-bond acceptors (Lipinski definition) is 4. The minimum absolute atomic E-state index is 0.793. The average molecular weight is 263 g/mol. The van der Waals surface area contributed by atoms with Crippen LogP contribution in [0, 0.1) is 11.8 Å². The Morgan fingerprint density at radius 2 is 2.00 bits per heavy atom. The SMILES string of the molecule is c1nc(N2CC3CCCC3C2)sc1CNC1CC1. The first kappa shape index (κ1) is 11.2. The van der Waals surface area contributed by atoms with E-state index < -0.39 is 0 Å². The van der Waals surface area contributed by atoms with Crippen molar-refractivity contribution in [3.05, 3.63) is 11.1 Å². The molecule has 2 heterocycles. The van der Waals surface area contributed by atoms with Gasteiger partial charge in [0.15, 0.2) is 5.13 Å². The normalized spacial score (nSPS) is 31.0. The number of fused-ring (bicyclic) bond motifs is 1. The molecule has 0 aromatic carbocycles. The quantitative estimate of drug-likeness (QED) is 0.905. The number of nitrogens with one attached hydrogen (secondary N) is 1. The molecule has 1 aromatic heterocycles. The van der Waals surface area contributed by atoms with Crippen molar-refractivity contribution in [2.75, 3.05) is 18.0 Å². The summed E-state index contributed by atoms with van der Waals surface area (Å²) in [4.78, 5) is 8.55. The van der Waals surface area contributed by atoms with E-state index in [9.17, 15) is 0 Å². The Labute approximate surface area is 113 Å². The van der Waals surface area contributed by atoms with Crippen molar-refractivity contribution >= 4 is 16.5 Å². The molecule has 4 heteroatoms. The Morgan fingerprint density at radius 1 is 1.22 bits per heavy atom. The van der Waals surface area contributed by atoms with Crippen LogP contribution in [0.15, 0.2) is 6.20 Å². The highest BCUT2D eigenvalue weighted by atomic mass is 32.1. The van der Waals surface area contributed by atoms with Crippen LogP contribution in [0.1, 0.15) is 37.0 Å². The van der Waals surface area contributed by atoms with Crippen LogP contribution in [-0.4, -0.2) is 24.1 Å². The summed E-state index contributed by atoms with van der Waals surface area (Å²) in [7, 11) is 0. The third kappa shape index (κ3) is 2.16. The monoisotopic (exact) mass is 263 g/mol. The van der Waals surface area contributed by atoms with E-state index in [1.54, 1.807) is 0 Å². The van der Waals surface area contributed by atoms with Crippen LogP contribution in [0.5, 0.6) is 0 Å². The number of anilines is 1. The maximum absolute atomic E-state index is 4.63. The summed E-state index contributed by atoms with van der Waals surface area (Å²) >= 11 is 1.89. The summed E-state index contributed by atoms with van der Waals surface area (Å²) < 4.78 is 0. The van der Waals surface area contributed by atoms with Gasteiger partial charge < -0.3 is 10.2 Å². The standard InChI is InChI=1S/C14H21N3S/c1-2-10-8-17(9-11(10)3-1)14-16-7-13(18-14)6-15-12-4-5-12/h7,10-12,15H,1-6,8-9H2. The van der Waals surface area contributed by atoms with Gasteiger partial charge in [0.1, 0.15) is 0 Å². The fraction of sp³-hybridized carbons (Fsp3) is 0.786. The summed E-state index contributed by atoms with van der Waals surface area (Å²) in [5.74, 6) is 1.92. The molecule has 1 N–H and O–H groups in total. The third-order valence-corrected chi connectivity index (χ3v) is 5.74. The third-order valence-electron chi connectivity index (χ3n) is 4.68. The van der Waals surface area contributed by atoms with Gasteiger partial charge >= 0.3 is 0 Å². The second-order valence-electron chi connectivity index (χ2n) is 6.12. The number of nitrogens with zero attached hydrogens (tertiary/aromatic N) is 2. The Balaban J connectivity index is 1.39. The summed E-state index contributed by atoms with van der Waals surface area (Å²) in [5.41, 5.74) is 0. The molecule has 2 saturated carbocycles. The lowest BCUT2D eigenvalue weighted by Crippen LogP contribution is -2.20. The zero-order chi connectivity index (χ0) is 11.9. The summed E-state index contributed by atoms with van der Waals surface area (Å²) in [6.45, 7) is 3.53. The van der Waals surface area contributed by atoms with Crippen molar-refractivity contribution in [2.24, 2.45) is 11.8 Å². The van der Waals surface area contributed by atoms with E-state index in [1.165, 1.54) is 55.2 Å². The van der Waals surface area contributed by atoms with Crippen LogP contribution < -0.4 is 10.2 Å². The lowest BCUT2D eigenvalue weighted by Gasteiger charge is -2.15. The molecule has 0 radical (unpaired) electrons. The van der Waals surface area contributed by atoms with Crippen molar-refractivity contribution in [1.82, 2.24) is 10.3 Å². The van der Waals surface area contributed by atoms with Gasteiger partial charge in [0.05, 0.1) is 0 Å². The van der Waals surface area contributed by atoms with Crippen LogP contribution >= 0.6 is 11.3 Å². The molecule has 0 bridgehead atoms. The number of aromatic nitrogens is 1. The van der Waals surface area contributed by atoms with Crippen molar-refractivity contribution in [1.29, 1.82) is 0 Å². The molecule has 1 saturated heterocycles. The van der Waals surface area contributed by atoms with Crippen molar-refractivity contribution < 1.29 is 0 Å². The van der Waals surface area contributed by atoms with Gasteiger partial charge in [-0.2, -0.15) is 0 Å². The van der Waals surface area contributed by atoms with E-state index >= 15 is 0 Å². The molecule has 3 nitrogen and oxygen atoms in total. The van der Waals surface area contributed by atoms with E-state index in [0.29, 0.717) is 0 Å². The van der Waals surface area contributed by atoms with Crippen molar-refractivity contribution in [3.8, 4) is 0 Å². The minimum atomic E-state index is 0.793. The summed E-state index contributed by atoms with van der Waals surface area (Å²) in [6, 6.07) is 0.793. The van der Waals surface area contributed by atoms with E-state index in [-0.39, 0.29) is 0 Å². The second kappa shape index (κ2) is 4.49.